The van der Waals surface area contributed by atoms with Crippen molar-refractivity contribution in [3.63, 3.8) is 0 Å². The van der Waals surface area contributed by atoms with Gasteiger partial charge in [0.05, 0.1) is 12.2 Å². The van der Waals surface area contributed by atoms with Gasteiger partial charge in [0.2, 0.25) is 5.91 Å². The summed E-state index contributed by atoms with van der Waals surface area (Å²) in [7, 11) is 0. The molecule has 1 N–H and O–H groups in total. The first-order valence-corrected chi connectivity index (χ1v) is 9.84. The lowest BCUT2D eigenvalue weighted by Crippen LogP contribution is -2.14. The van der Waals surface area contributed by atoms with Gasteiger partial charge >= 0.3 is 5.97 Å². The number of benzene rings is 1. The second-order valence-corrected chi connectivity index (χ2v) is 7.49. The fourth-order valence-electron chi connectivity index (χ4n) is 3.00. The van der Waals surface area contributed by atoms with Crippen LogP contribution in [0.25, 0.3) is 6.08 Å². The number of anilines is 1. The molecule has 1 aromatic heterocycles. The van der Waals surface area contributed by atoms with E-state index in [1.807, 2.05) is 18.2 Å². The van der Waals surface area contributed by atoms with Crippen LogP contribution in [0.15, 0.2) is 30.3 Å². The number of rotatable bonds is 5. The molecule has 1 heterocycles. The summed E-state index contributed by atoms with van der Waals surface area (Å²) in [5, 5.41) is 4.00. The van der Waals surface area contributed by atoms with Crippen LogP contribution < -0.4 is 5.32 Å². The molecule has 26 heavy (non-hydrogen) atoms. The monoisotopic (exact) mass is 389 g/mol. The summed E-state index contributed by atoms with van der Waals surface area (Å²) >= 11 is 7.57. The Kier molecular flexibility index (Phi) is 6.12. The van der Waals surface area contributed by atoms with E-state index in [2.05, 4.69) is 5.32 Å². The van der Waals surface area contributed by atoms with Crippen LogP contribution in [0.4, 0.5) is 5.00 Å². The molecular weight excluding hydrogens is 370 g/mol. The third-order valence-corrected chi connectivity index (χ3v) is 5.76. The Bertz CT molecular complexity index is 857. The Morgan fingerprint density at radius 1 is 1.27 bits per heavy atom. The second-order valence-electron chi connectivity index (χ2n) is 5.98. The molecule has 2 aromatic rings. The van der Waals surface area contributed by atoms with Gasteiger partial charge in [-0.2, -0.15) is 0 Å². The maximum Gasteiger partial charge on any atom is 0.341 e. The third kappa shape index (κ3) is 4.17. The van der Waals surface area contributed by atoms with Crippen LogP contribution in [0.2, 0.25) is 5.02 Å². The summed E-state index contributed by atoms with van der Waals surface area (Å²) < 4.78 is 5.20. The van der Waals surface area contributed by atoms with Crippen LogP contribution in [-0.2, 0) is 22.4 Å². The van der Waals surface area contributed by atoms with Crippen LogP contribution in [0.5, 0.6) is 0 Å². The first-order valence-electron chi connectivity index (χ1n) is 8.65. The number of esters is 1. The summed E-state index contributed by atoms with van der Waals surface area (Å²) in [6, 6.07) is 7.29. The van der Waals surface area contributed by atoms with E-state index in [-0.39, 0.29) is 11.9 Å². The topological polar surface area (TPSA) is 55.4 Å². The number of hydrogen-bond donors (Lipinski definition) is 1. The summed E-state index contributed by atoms with van der Waals surface area (Å²) in [6.07, 6.45) is 7.04. The highest BCUT2D eigenvalue weighted by atomic mass is 35.5. The van der Waals surface area contributed by atoms with Crippen molar-refractivity contribution in [2.75, 3.05) is 11.9 Å². The third-order valence-electron chi connectivity index (χ3n) is 4.21. The van der Waals surface area contributed by atoms with E-state index >= 15 is 0 Å². The van der Waals surface area contributed by atoms with Gasteiger partial charge in [-0.15, -0.1) is 11.3 Å². The first-order chi connectivity index (χ1) is 12.6. The number of halogens is 1. The molecule has 1 amide bonds. The second kappa shape index (κ2) is 8.52. The van der Waals surface area contributed by atoms with Crippen molar-refractivity contribution in [1.29, 1.82) is 0 Å². The molecule has 0 aliphatic heterocycles. The van der Waals surface area contributed by atoms with E-state index in [9.17, 15) is 9.59 Å². The van der Waals surface area contributed by atoms with Gasteiger partial charge < -0.3 is 10.1 Å². The molecule has 0 spiro atoms. The molecule has 0 saturated carbocycles. The van der Waals surface area contributed by atoms with Crippen molar-refractivity contribution in [3.8, 4) is 0 Å². The minimum Gasteiger partial charge on any atom is -0.462 e. The Morgan fingerprint density at radius 2 is 2.04 bits per heavy atom. The number of carbonyl (C=O) groups is 2. The number of hydrogen-bond acceptors (Lipinski definition) is 4. The van der Waals surface area contributed by atoms with E-state index in [0.29, 0.717) is 22.2 Å². The fraction of sp³-hybridized carbons (Fsp3) is 0.300. The number of carbonyl (C=O) groups excluding carboxylic acids is 2. The maximum absolute atomic E-state index is 12.4. The Morgan fingerprint density at radius 3 is 2.81 bits per heavy atom. The van der Waals surface area contributed by atoms with Crippen molar-refractivity contribution in [2.45, 2.75) is 32.6 Å². The van der Waals surface area contributed by atoms with Crippen molar-refractivity contribution >= 4 is 45.9 Å². The number of fused-ring (bicyclic) bond motifs is 1. The normalized spacial score (nSPS) is 13.5. The Hall–Kier alpha value is -2.11. The highest BCUT2D eigenvalue weighted by molar-refractivity contribution is 7.17. The van der Waals surface area contributed by atoms with Crippen LogP contribution in [-0.4, -0.2) is 18.5 Å². The van der Waals surface area contributed by atoms with Gasteiger partial charge in [0.1, 0.15) is 5.00 Å². The zero-order valence-corrected chi connectivity index (χ0v) is 16.1. The molecule has 3 rings (SSSR count). The number of amides is 1. The van der Waals surface area contributed by atoms with Crippen LogP contribution >= 0.6 is 22.9 Å². The number of nitrogens with one attached hydrogen (secondary N) is 1. The lowest BCUT2D eigenvalue weighted by Gasteiger charge is -2.12. The van der Waals surface area contributed by atoms with Crippen molar-refractivity contribution in [1.82, 2.24) is 0 Å². The molecule has 0 fully saturated rings. The van der Waals surface area contributed by atoms with E-state index < -0.39 is 0 Å². The molecule has 0 bridgehead atoms. The highest BCUT2D eigenvalue weighted by Gasteiger charge is 2.26. The van der Waals surface area contributed by atoms with Crippen molar-refractivity contribution in [3.05, 3.63) is 56.9 Å². The van der Waals surface area contributed by atoms with Crippen LogP contribution in [0, 0.1) is 0 Å². The van der Waals surface area contributed by atoms with Crippen molar-refractivity contribution < 1.29 is 14.3 Å². The van der Waals surface area contributed by atoms with E-state index in [0.717, 1.165) is 36.8 Å². The van der Waals surface area contributed by atoms with Gasteiger partial charge in [0.25, 0.3) is 0 Å². The first kappa shape index (κ1) is 18.7. The Balaban J connectivity index is 1.82. The van der Waals surface area contributed by atoms with Gasteiger partial charge in [0, 0.05) is 16.0 Å². The highest BCUT2D eigenvalue weighted by Crippen LogP contribution is 2.38. The van der Waals surface area contributed by atoms with Gasteiger partial charge in [-0.1, -0.05) is 29.8 Å². The van der Waals surface area contributed by atoms with Crippen molar-refractivity contribution in [2.24, 2.45) is 0 Å². The number of thiophene rings is 1. The zero-order valence-electron chi connectivity index (χ0n) is 14.5. The summed E-state index contributed by atoms with van der Waals surface area (Å²) in [4.78, 5) is 25.9. The van der Waals surface area contributed by atoms with Gasteiger partial charge in [-0.25, -0.2) is 4.79 Å². The molecular formula is C20H20ClNO3S. The largest absolute Gasteiger partial charge is 0.462 e. The number of ether oxygens (including phenoxy) is 1. The molecule has 1 aliphatic carbocycles. The van der Waals surface area contributed by atoms with Gasteiger partial charge in [0.15, 0.2) is 0 Å². The minimum atomic E-state index is -0.364. The summed E-state index contributed by atoms with van der Waals surface area (Å²) in [5.74, 6) is -0.661. The smallest absolute Gasteiger partial charge is 0.341 e. The van der Waals surface area contributed by atoms with Gasteiger partial charge in [-0.05, 0) is 55.9 Å². The minimum absolute atomic E-state index is 0.297. The predicted octanol–water partition coefficient (Wildman–Crippen LogP) is 5.11. The molecule has 0 unspecified atom stereocenters. The van der Waals surface area contributed by atoms with Crippen LogP contribution in [0.3, 0.4) is 0 Å². The SMILES string of the molecule is CCOC(=O)c1c(NC(=O)/C=C/c2ccccc2Cl)sc2c1CCCC2. The molecule has 0 radical (unpaired) electrons. The standard InChI is InChI=1S/C20H20ClNO3S/c1-2-25-20(24)18-14-8-4-6-10-16(14)26-19(18)22-17(23)12-11-13-7-3-5-9-15(13)21/h3,5,7,9,11-12H,2,4,6,8,10H2,1H3,(H,22,23)/b12-11+. The van der Waals surface area contributed by atoms with E-state index in [4.69, 9.17) is 16.3 Å². The van der Waals surface area contributed by atoms with E-state index in [1.54, 1.807) is 19.1 Å². The molecule has 1 aromatic carbocycles. The lowest BCUT2D eigenvalue weighted by molar-refractivity contribution is -0.111. The predicted molar refractivity (Wildman–Crippen MR) is 106 cm³/mol. The quantitative estimate of drug-likeness (QED) is 0.571. The lowest BCUT2D eigenvalue weighted by atomic mass is 9.95. The molecule has 1 aliphatic rings. The summed E-state index contributed by atoms with van der Waals surface area (Å²) in [6.45, 7) is 2.09. The average molecular weight is 390 g/mol. The molecule has 4 nitrogen and oxygen atoms in total. The average Bonchev–Trinajstić information content (AvgIpc) is 2.99. The molecule has 6 heteroatoms. The number of aryl methyl sites for hydroxylation is 1. The summed E-state index contributed by atoms with van der Waals surface area (Å²) in [5.41, 5.74) is 2.32. The van der Waals surface area contributed by atoms with Crippen LogP contribution in [0.1, 0.15) is 46.1 Å². The maximum atomic E-state index is 12.4. The fourth-order valence-corrected chi connectivity index (χ4v) is 4.48. The van der Waals surface area contributed by atoms with Gasteiger partial charge in [-0.3, -0.25) is 4.79 Å². The Labute approximate surface area is 161 Å². The molecule has 0 saturated heterocycles. The molecule has 136 valence electrons. The molecule has 0 atom stereocenters. The van der Waals surface area contributed by atoms with E-state index in [1.165, 1.54) is 22.3 Å². The zero-order chi connectivity index (χ0) is 18.5.